The summed E-state index contributed by atoms with van der Waals surface area (Å²) < 4.78 is 6.82. The summed E-state index contributed by atoms with van der Waals surface area (Å²) in [6.45, 7) is 1.41. The molecule has 0 atom stereocenters. The monoisotopic (exact) mass is 245 g/mol. The Morgan fingerprint density at radius 2 is 2.11 bits per heavy atom. The molecule has 18 heavy (non-hydrogen) atoms. The molecule has 0 aliphatic heterocycles. The van der Waals surface area contributed by atoms with Gasteiger partial charge in [-0.2, -0.15) is 5.10 Å². The third-order valence-electron chi connectivity index (χ3n) is 2.38. The molecule has 1 aromatic heterocycles. The van der Waals surface area contributed by atoms with Crippen molar-refractivity contribution < 1.29 is 9.53 Å². The Balaban J connectivity index is 1.63. The number of nitrogens with one attached hydrogen (secondary N) is 1. The lowest BCUT2D eigenvalue weighted by atomic mass is 10.2. The van der Waals surface area contributed by atoms with Gasteiger partial charge in [-0.1, -0.05) is 30.3 Å². The second kappa shape index (κ2) is 6.44. The zero-order valence-electron chi connectivity index (χ0n) is 9.95. The molecular formula is C13H15N3O2. The van der Waals surface area contributed by atoms with Gasteiger partial charge in [-0.3, -0.25) is 4.68 Å². The molecule has 0 unspecified atom stereocenters. The van der Waals surface area contributed by atoms with Gasteiger partial charge in [0, 0.05) is 18.9 Å². The van der Waals surface area contributed by atoms with Crippen LogP contribution in [0.2, 0.25) is 0 Å². The van der Waals surface area contributed by atoms with Crippen molar-refractivity contribution in [2.45, 2.75) is 13.2 Å². The zero-order chi connectivity index (χ0) is 12.6. The molecule has 2 aromatic rings. The SMILES string of the molecule is O=C(NCCn1cccn1)OCc1ccccc1. The molecule has 1 aromatic carbocycles. The summed E-state index contributed by atoms with van der Waals surface area (Å²) in [5.74, 6) is 0. The van der Waals surface area contributed by atoms with Crippen molar-refractivity contribution in [2.24, 2.45) is 0 Å². The van der Waals surface area contributed by atoms with Crippen LogP contribution in [0, 0.1) is 0 Å². The summed E-state index contributed by atoms with van der Waals surface area (Å²) in [6, 6.07) is 11.4. The summed E-state index contributed by atoms with van der Waals surface area (Å²) in [5, 5.41) is 6.70. The molecule has 0 spiro atoms. The first-order chi connectivity index (χ1) is 8.84. The Hall–Kier alpha value is -2.30. The van der Waals surface area contributed by atoms with E-state index in [1.165, 1.54) is 0 Å². The average molecular weight is 245 g/mol. The van der Waals surface area contributed by atoms with Crippen LogP contribution < -0.4 is 5.32 Å². The number of nitrogens with zero attached hydrogens (tertiary/aromatic N) is 2. The molecule has 0 saturated carbocycles. The topological polar surface area (TPSA) is 56.2 Å². The van der Waals surface area contributed by atoms with Crippen molar-refractivity contribution in [3.05, 3.63) is 54.4 Å². The second-order valence-corrected chi connectivity index (χ2v) is 3.76. The van der Waals surface area contributed by atoms with Crippen LogP contribution in [-0.4, -0.2) is 22.4 Å². The largest absolute Gasteiger partial charge is 0.445 e. The molecule has 0 bridgehead atoms. The van der Waals surface area contributed by atoms with Crippen LogP contribution in [0.5, 0.6) is 0 Å². The smallest absolute Gasteiger partial charge is 0.407 e. The molecular weight excluding hydrogens is 230 g/mol. The van der Waals surface area contributed by atoms with Gasteiger partial charge in [-0.15, -0.1) is 0 Å². The van der Waals surface area contributed by atoms with Gasteiger partial charge >= 0.3 is 6.09 Å². The van der Waals surface area contributed by atoms with E-state index in [-0.39, 0.29) is 6.61 Å². The minimum absolute atomic E-state index is 0.286. The molecule has 0 radical (unpaired) electrons. The number of ether oxygens (including phenoxy) is 1. The third kappa shape index (κ3) is 3.93. The van der Waals surface area contributed by atoms with E-state index in [1.807, 2.05) is 42.6 Å². The number of carbonyl (C=O) groups excluding carboxylic acids is 1. The molecule has 2 rings (SSSR count). The van der Waals surface area contributed by atoms with Crippen molar-refractivity contribution >= 4 is 6.09 Å². The Kier molecular flexibility index (Phi) is 4.35. The minimum Gasteiger partial charge on any atom is -0.445 e. The fraction of sp³-hybridized carbons (Fsp3) is 0.231. The first-order valence-electron chi connectivity index (χ1n) is 5.76. The molecule has 0 aliphatic rings. The molecule has 1 amide bonds. The maximum Gasteiger partial charge on any atom is 0.407 e. The van der Waals surface area contributed by atoms with E-state index < -0.39 is 6.09 Å². The van der Waals surface area contributed by atoms with E-state index in [2.05, 4.69) is 10.4 Å². The number of amides is 1. The Labute approximate surface area is 105 Å². The first kappa shape index (κ1) is 12.2. The van der Waals surface area contributed by atoms with E-state index in [1.54, 1.807) is 10.9 Å². The first-order valence-corrected chi connectivity index (χ1v) is 5.76. The van der Waals surface area contributed by atoms with Crippen LogP contribution in [0.1, 0.15) is 5.56 Å². The molecule has 1 heterocycles. The quantitative estimate of drug-likeness (QED) is 0.874. The van der Waals surface area contributed by atoms with Crippen molar-refractivity contribution in [3.63, 3.8) is 0 Å². The third-order valence-corrected chi connectivity index (χ3v) is 2.38. The Morgan fingerprint density at radius 1 is 1.28 bits per heavy atom. The highest BCUT2D eigenvalue weighted by Gasteiger charge is 2.01. The number of benzene rings is 1. The Morgan fingerprint density at radius 3 is 2.83 bits per heavy atom. The standard InChI is InChI=1S/C13H15N3O2/c17-13(14-8-10-16-9-4-7-15-16)18-11-12-5-2-1-3-6-12/h1-7,9H,8,10-11H2,(H,14,17). The van der Waals surface area contributed by atoms with E-state index in [0.29, 0.717) is 13.1 Å². The summed E-state index contributed by atoms with van der Waals surface area (Å²) in [4.78, 5) is 11.4. The lowest BCUT2D eigenvalue weighted by Crippen LogP contribution is -2.27. The molecule has 0 fully saturated rings. The van der Waals surface area contributed by atoms with E-state index in [4.69, 9.17) is 4.74 Å². The van der Waals surface area contributed by atoms with Gasteiger partial charge in [0.25, 0.3) is 0 Å². The highest BCUT2D eigenvalue weighted by atomic mass is 16.5. The number of rotatable bonds is 5. The fourth-order valence-electron chi connectivity index (χ4n) is 1.48. The van der Waals surface area contributed by atoms with E-state index in [9.17, 15) is 4.79 Å². The van der Waals surface area contributed by atoms with Crippen LogP contribution in [0.15, 0.2) is 48.8 Å². The lowest BCUT2D eigenvalue weighted by molar-refractivity contribution is 0.139. The van der Waals surface area contributed by atoms with Crippen molar-refractivity contribution in [2.75, 3.05) is 6.54 Å². The molecule has 0 saturated heterocycles. The summed E-state index contributed by atoms with van der Waals surface area (Å²) in [5.41, 5.74) is 0.972. The van der Waals surface area contributed by atoms with Gasteiger partial charge < -0.3 is 10.1 Å². The maximum absolute atomic E-state index is 11.4. The van der Waals surface area contributed by atoms with E-state index in [0.717, 1.165) is 5.56 Å². The maximum atomic E-state index is 11.4. The second-order valence-electron chi connectivity index (χ2n) is 3.76. The van der Waals surface area contributed by atoms with Crippen molar-refractivity contribution in [1.82, 2.24) is 15.1 Å². The number of carbonyl (C=O) groups is 1. The van der Waals surface area contributed by atoms with Crippen LogP contribution >= 0.6 is 0 Å². The molecule has 5 nitrogen and oxygen atoms in total. The minimum atomic E-state index is -0.411. The van der Waals surface area contributed by atoms with Gasteiger partial charge in [0.05, 0.1) is 6.54 Å². The molecule has 94 valence electrons. The van der Waals surface area contributed by atoms with Gasteiger partial charge in [0.1, 0.15) is 6.61 Å². The van der Waals surface area contributed by atoms with Crippen LogP contribution in [-0.2, 0) is 17.9 Å². The summed E-state index contributed by atoms with van der Waals surface area (Å²) >= 11 is 0. The van der Waals surface area contributed by atoms with Gasteiger partial charge in [-0.25, -0.2) is 4.79 Å². The van der Waals surface area contributed by atoms with Crippen molar-refractivity contribution in [3.8, 4) is 0 Å². The molecule has 5 heteroatoms. The summed E-state index contributed by atoms with van der Waals surface area (Å²) in [6.07, 6.45) is 3.14. The highest BCUT2D eigenvalue weighted by molar-refractivity contribution is 5.67. The van der Waals surface area contributed by atoms with Crippen LogP contribution in [0.25, 0.3) is 0 Å². The van der Waals surface area contributed by atoms with Gasteiger partial charge in [-0.05, 0) is 11.6 Å². The van der Waals surface area contributed by atoms with Crippen LogP contribution in [0.4, 0.5) is 4.79 Å². The average Bonchev–Trinajstić information content (AvgIpc) is 2.91. The lowest BCUT2D eigenvalue weighted by Gasteiger charge is -2.07. The predicted octanol–water partition coefficient (Wildman–Crippen LogP) is 1.81. The van der Waals surface area contributed by atoms with E-state index >= 15 is 0 Å². The zero-order valence-corrected chi connectivity index (χ0v) is 9.95. The highest BCUT2D eigenvalue weighted by Crippen LogP contribution is 2.00. The van der Waals surface area contributed by atoms with Gasteiger partial charge in [0.2, 0.25) is 0 Å². The van der Waals surface area contributed by atoms with Crippen molar-refractivity contribution in [1.29, 1.82) is 0 Å². The van der Waals surface area contributed by atoms with Gasteiger partial charge in [0.15, 0.2) is 0 Å². The Bertz CT molecular complexity index is 468. The normalized spacial score (nSPS) is 10.0. The fourth-order valence-corrected chi connectivity index (χ4v) is 1.48. The number of hydrogen-bond donors (Lipinski definition) is 1. The predicted molar refractivity (Wildman–Crippen MR) is 66.9 cm³/mol. The molecule has 1 N–H and O–H groups in total. The number of hydrogen-bond acceptors (Lipinski definition) is 3. The number of alkyl carbamates (subject to hydrolysis) is 1. The van der Waals surface area contributed by atoms with Crippen LogP contribution in [0.3, 0.4) is 0 Å². The number of aromatic nitrogens is 2. The summed E-state index contributed by atoms with van der Waals surface area (Å²) in [7, 11) is 0. The molecule has 0 aliphatic carbocycles.